The Hall–Kier alpha value is -1.79. The minimum atomic E-state index is 0.201. The van der Waals surface area contributed by atoms with Crippen LogP contribution in [0.1, 0.15) is 24.3 Å². The van der Waals surface area contributed by atoms with Gasteiger partial charge in [0.1, 0.15) is 5.01 Å². The first-order valence-electron chi connectivity index (χ1n) is 8.10. The van der Waals surface area contributed by atoms with Crippen LogP contribution >= 0.6 is 11.3 Å². The van der Waals surface area contributed by atoms with Crippen LogP contribution in [0.3, 0.4) is 0 Å². The molecule has 2 N–H and O–H groups in total. The highest BCUT2D eigenvalue weighted by molar-refractivity contribution is 7.09. The molecule has 0 aromatic carbocycles. The molecule has 0 radical (unpaired) electrons. The van der Waals surface area contributed by atoms with Crippen LogP contribution in [0.5, 0.6) is 0 Å². The highest BCUT2D eigenvalue weighted by Gasteiger charge is 2.57. The minimum Gasteiger partial charge on any atom is -0.349 e. The van der Waals surface area contributed by atoms with Crippen LogP contribution in [0.4, 0.5) is 0 Å². The summed E-state index contributed by atoms with van der Waals surface area (Å²) < 4.78 is 0. The van der Waals surface area contributed by atoms with Gasteiger partial charge in [-0.3, -0.25) is 9.78 Å². The Morgan fingerprint density at radius 2 is 2.13 bits per heavy atom. The van der Waals surface area contributed by atoms with E-state index in [1.54, 1.807) is 23.7 Å². The largest absolute Gasteiger partial charge is 0.349 e. The maximum atomic E-state index is 12.4. The van der Waals surface area contributed by atoms with Crippen molar-refractivity contribution >= 4 is 17.2 Å². The summed E-state index contributed by atoms with van der Waals surface area (Å²) >= 11 is 1.59. The van der Waals surface area contributed by atoms with E-state index in [9.17, 15) is 4.79 Å². The van der Waals surface area contributed by atoms with E-state index in [2.05, 4.69) is 20.6 Å². The number of amides is 1. The number of rotatable bonds is 4. The minimum absolute atomic E-state index is 0.201. The Morgan fingerprint density at radius 1 is 1.35 bits per heavy atom. The van der Waals surface area contributed by atoms with Crippen LogP contribution in [-0.2, 0) is 11.3 Å². The third-order valence-corrected chi connectivity index (χ3v) is 5.90. The Labute approximate surface area is 139 Å². The summed E-state index contributed by atoms with van der Waals surface area (Å²) in [5.41, 5.74) is 2.30. The van der Waals surface area contributed by atoms with E-state index in [1.807, 2.05) is 17.5 Å². The molecule has 1 aliphatic carbocycles. The zero-order valence-corrected chi connectivity index (χ0v) is 13.7. The van der Waals surface area contributed by atoms with Crippen LogP contribution in [0.2, 0.25) is 0 Å². The van der Waals surface area contributed by atoms with Gasteiger partial charge in [0.2, 0.25) is 5.91 Å². The summed E-state index contributed by atoms with van der Waals surface area (Å²) in [6.45, 7) is 2.62. The van der Waals surface area contributed by atoms with Crippen molar-refractivity contribution < 1.29 is 4.79 Å². The molecule has 1 unspecified atom stereocenters. The molecule has 120 valence electrons. The molecular weight excluding hydrogens is 308 g/mol. The fourth-order valence-corrected chi connectivity index (χ4v) is 4.27. The van der Waals surface area contributed by atoms with Gasteiger partial charge in [-0.25, -0.2) is 4.98 Å². The average molecular weight is 328 g/mol. The number of carbonyl (C=O) groups excluding carboxylic acids is 1. The lowest BCUT2D eigenvalue weighted by Gasteiger charge is -2.23. The van der Waals surface area contributed by atoms with E-state index in [1.165, 1.54) is 0 Å². The van der Waals surface area contributed by atoms with Gasteiger partial charge in [-0.2, -0.15) is 0 Å². The Balaban J connectivity index is 1.33. The first-order valence-corrected chi connectivity index (χ1v) is 8.98. The molecule has 6 heteroatoms. The topological polar surface area (TPSA) is 66.9 Å². The Bertz CT molecular complexity index is 694. The Morgan fingerprint density at radius 3 is 2.91 bits per heavy atom. The lowest BCUT2D eigenvalue weighted by molar-refractivity contribution is -0.123. The second kappa shape index (κ2) is 6.02. The smallest absolute Gasteiger partial charge is 0.224 e. The quantitative estimate of drug-likeness (QED) is 0.903. The summed E-state index contributed by atoms with van der Waals surface area (Å²) in [5, 5.41) is 9.42. The van der Waals surface area contributed by atoms with Crippen LogP contribution in [0.25, 0.3) is 11.3 Å². The maximum absolute atomic E-state index is 12.4. The van der Waals surface area contributed by atoms with Crippen molar-refractivity contribution in [3.8, 4) is 11.3 Å². The number of thiazole rings is 1. The molecule has 1 saturated heterocycles. The molecule has 2 aromatic heterocycles. The number of nitrogens with one attached hydrogen (secondary N) is 2. The van der Waals surface area contributed by atoms with Gasteiger partial charge in [0.25, 0.3) is 0 Å². The number of piperidine rings is 1. The molecule has 0 bridgehead atoms. The molecule has 4 rings (SSSR count). The number of hydrogen-bond donors (Lipinski definition) is 2. The van der Waals surface area contributed by atoms with Gasteiger partial charge in [0, 0.05) is 29.3 Å². The first kappa shape index (κ1) is 14.8. The molecule has 1 amide bonds. The van der Waals surface area contributed by atoms with Crippen molar-refractivity contribution in [2.75, 3.05) is 13.1 Å². The summed E-state index contributed by atoms with van der Waals surface area (Å²) in [5.74, 6) is 0.414. The average Bonchev–Trinajstić information content (AvgIpc) is 3.08. The van der Waals surface area contributed by atoms with Crippen LogP contribution < -0.4 is 10.6 Å². The van der Waals surface area contributed by atoms with E-state index in [0.717, 1.165) is 48.6 Å². The molecule has 2 fully saturated rings. The second-order valence-electron chi connectivity index (χ2n) is 6.45. The molecule has 1 aliphatic heterocycles. The van der Waals surface area contributed by atoms with Crippen molar-refractivity contribution in [3.63, 3.8) is 0 Å². The highest BCUT2D eigenvalue weighted by Crippen LogP contribution is 2.58. The molecule has 2 aliphatic rings. The molecule has 2 aromatic rings. The van der Waals surface area contributed by atoms with Crippen LogP contribution in [0, 0.1) is 11.3 Å². The summed E-state index contributed by atoms with van der Waals surface area (Å²) in [7, 11) is 0. The number of nitrogens with zero attached hydrogens (tertiary/aromatic N) is 2. The molecule has 3 heterocycles. The predicted molar refractivity (Wildman–Crippen MR) is 89.8 cm³/mol. The fraction of sp³-hybridized carbons (Fsp3) is 0.471. The number of aromatic nitrogens is 2. The fourth-order valence-electron chi connectivity index (χ4n) is 3.53. The summed E-state index contributed by atoms with van der Waals surface area (Å²) in [6.07, 6.45) is 6.85. The predicted octanol–water partition coefficient (Wildman–Crippen LogP) is 2.21. The van der Waals surface area contributed by atoms with Crippen molar-refractivity contribution in [2.45, 2.75) is 25.8 Å². The third-order valence-electron chi connectivity index (χ3n) is 5.05. The molecular formula is C17H20N4OS. The van der Waals surface area contributed by atoms with Gasteiger partial charge in [-0.15, -0.1) is 11.3 Å². The highest BCUT2D eigenvalue weighted by atomic mass is 32.1. The van der Waals surface area contributed by atoms with E-state index < -0.39 is 0 Å². The zero-order chi connectivity index (χ0) is 15.7. The Kier molecular flexibility index (Phi) is 3.87. The van der Waals surface area contributed by atoms with Crippen molar-refractivity contribution in [3.05, 3.63) is 34.9 Å². The van der Waals surface area contributed by atoms with E-state index in [4.69, 9.17) is 0 Å². The zero-order valence-electron chi connectivity index (χ0n) is 12.9. The summed E-state index contributed by atoms with van der Waals surface area (Å²) in [6, 6.07) is 3.89. The van der Waals surface area contributed by atoms with Gasteiger partial charge >= 0.3 is 0 Å². The lowest BCUT2D eigenvalue weighted by atomic mass is 9.92. The standard InChI is InChI=1S/C17H20N4OS/c22-16(13-9-17(13)3-7-19-8-4-17)20-10-15-21-14(11-23-15)12-1-5-18-6-2-12/h1-2,5-6,11,13,19H,3-4,7-10H2,(H,20,22). The van der Waals surface area contributed by atoms with Crippen molar-refractivity contribution in [1.29, 1.82) is 0 Å². The molecule has 1 saturated carbocycles. The normalized spacial score (nSPS) is 22.0. The molecule has 23 heavy (non-hydrogen) atoms. The van der Waals surface area contributed by atoms with Crippen LogP contribution in [0.15, 0.2) is 29.9 Å². The second-order valence-corrected chi connectivity index (χ2v) is 7.39. The number of hydrogen-bond acceptors (Lipinski definition) is 5. The SMILES string of the molecule is O=C(NCc1nc(-c2ccncc2)cs1)C1CC12CCNCC2. The lowest BCUT2D eigenvalue weighted by Crippen LogP contribution is -2.33. The molecule has 1 atom stereocenters. The van der Waals surface area contributed by atoms with Crippen molar-refractivity contribution in [1.82, 2.24) is 20.6 Å². The van der Waals surface area contributed by atoms with Gasteiger partial charge in [-0.1, -0.05) is 0 Å². The van der Waals surface area contributed by atoms with Gasteiger partial charge in [-0.05, 0) is 49.9 Å². The van der Waals surface area contributed by atoms with Gasteiger partial charge in [0.15, 0.2) is 0 Å². The molecule has 5 nitrogen and oxygen atoms in total. The number of carbonyl (C=O) groups is 1. The van der Waals surface area contributed by atoms with E-state index >= 15 is 0 Å². The monoisotopic (exact) mass is 328 g/mol. The van der Waals surface area contributed by atoms with Crippen molar-refractivity contribution in [2.24, 2.45) is 11.3 Å². The van der Waals surface area contributed by atoms with E-state index in [0.29, 0.717) is 12.0 Å². The summed E-state index contributed by atoms with van der Waals surface area (Å²) in [4.78, 5) is 21.0. The van der Waals surface area contributed by atoms with Crippen LogP contribution in [-0.4, -0.2) is 29.0 Å². The number of pyridine rings is 1. The third kappa shape index (κ3) is 3.01. The van der Waals surface area contributed by atoms with Gasteiger partial charge in [0.05, 0.1) is 12.2 Å². The van der Waals surface area contributed by atoms with E-state index in [-0.39, 0.29) is 11.8 Å². The molecule has 1 spiro atoms. The maximum Gasteiger partial charge on any atom is 0.224 e. The first-order chi connectivity index (χ1) is 11.3. The van der Waals surface area contributed by atoms with Gasteiger partial charge < -0.3 is 10.6 Å².